The number of urea groups is 1. The third kappa shape index (κ3) is 4.89. The Morgan fingerprint density at radius 3 is 2.21 bits per heavy atom. The van der Waals surface area contributed by atoms with Gasteiger partial charge in [0.15, 0.2) is 6.61 Å². The van der Waals surface area contributed by atoms with Gasteiger partial charge < -0.3 is 10.1 Å². The predicted octanol–water partition coefficient (Wildman–Crippen LogP) is 3.69. The number of amides is 3. The summed E-state index contributed by atoms with van der Waals surface area (Å²) in [6.07, 6.45) is 10.7. The fourth-order valence-electron chi connectivity index (χ4n) is 5.69. The maximum Gasteiger partial charge on any atom is 0.321 e. The van der Waals surface area contributed by atoms with Gasteiger partial charge in [-0.1, -0.05) is 25.7 Å². The van der Waals surface area contributed by atoms with E-state index in [1.807, 2.05) is 0 Å². The fourth-order valence-corrected chi connectivity index (χ4v) is 9.62. The van der Waals surface area contributed by atoms with Crippen molar-refractivity contribution in [3.8, 4) is 0 Å². The van der Waals surface area contributed by atoms with Gasteiger partial charge in [0, 0.05) is 17.5 Å². The molecule has 2 N–H and O–H groups in total. The van der Waals surface area contributed by atoms with E-state index in [1.165, 1.54) is 37.2 Å². The van der Waals surface area contributed by atoms with Crippen LogP contribution in [0.4, 0.5) is 4.79 Å². The molecule has 0 aromatic heterocycles. The highest BCUT2D eigenvalue weighted by Crippen LogP contribution is 2.64. The van der Waals surface area contributed by atoms with Crippen molar-refractivity contribution in [2.45, 2.75) is 74.3 Å². The minimum atomic E-state index is -0.555. The molecule has 2 bridgehead atoms. The molecular weight excluding hydrogens is 408 g/mol. The first-order chi connectivity index (χ1) is 14.1. The molecule has 4 rings (SSSR count). The molecule has 1 heterocycles. The molecule has 4 aliphatic rings. The minimum absolute atomic E-state index is 0.110. The van der Waals surface area contributed by atoms with Gasteiger partial charge in [0.1, 0.15) is 0 Å². The second-order valence-corrected chi connectivity index (χ2v) is 11.9. The van der Waals surface area contributed by atoms with E-state index in [4.69, 9.17) is 4.74 Å². The van der Waals surface area contributed by atoms with Crippen LogP contribution in [0, 0.1) is 17.8 Å². The van der Waals surface area contributed by atoms with Crippen molar-refractivity contribution in [3.05, 3.63) is 0 Å². The van der Waals surface area contributed by atoms with Crippen molar-refractivity contribution >= 4 is 41.4 Å². The summed E-state index contributed by atoms with van der Waals surface area (Å²) >= 11 is 4.23. The van der Waals surface area contributed by atoms with Gasteiger partial charge in [-0.05, 0) is 50.4 Å². The number of rotatable bonds is 4. The molecule has 3 amide bonds. The topological polar surface area (TPSA) is 84.5 Å². The van der Waals surface area contributed by atoms with Crippen LogP contribution in [0.2, 0.25) is 0 Å². The van der Waals surface area contributed by atoms with Gasteiger partial charge in [0.25, 0.3) is 5.91 Å². The molecule has 0 aromatic rings. The first-order valence-electron chi connectivity index (χ1n) is 11.1. The van der Waals surface area contributed by atoms with E-state index in [0.29, 0.717) is 15.9 Å². The Bertz CT molecular complexity index is 616. The normalized spacial score (nSPS) is 31.2. The Labute approximate surface area is 181 Å². The zero-order valence-electron chi connectivity index (χ0n) is 17.0. The summed E-state index contributed by atoms with van der Waals surface area (Å²) in [5, 5.41) is 5.13. The first kappa shape index (κ1) is 21.3. The summed E-state index contributed by atoms with van der Waals surface area (Å²) in [7, 11) is 0. The Kier molecular flexibility index (Phi) is 6.99. The van der Waals surface area contributed by atoms with Crippen LogP contribution in [0.1, 0.15) is 64.2 Å². The molecule has 3 atom stereocenters. The Hall–Kier alpha value is -0.890. The summed E-state index contributed by atoms with van der Waals surface area (Å²) < 4.78 is 5.63. The van der Waals surface area contributed by atoms with E-state index >= 15 is 0 Å². The van der Waals surface area contributed by atoms with Crippen molar-refractivity contribution in [1.82, 2.24) is 10.6 Å². The molecule has 6 nitrogen and oxygen atoms in total. The van der Waals surface area contributed by atoms with Crippen molar-refractivity contribution in [2.24, 2.45) is 17.8 Å². The summed E-state index contributed by atoms with van der Waals surface area (Å²) in [4.78, 5) is 36.6. The van der Waals surface area contributed by atoms with Crippen molar-refractivity contribution in [1.29, 1.82) is 0 Å². The number of carbonyl (C=O) groups is 3. The highest BCUT2D eigenvalue weighted by atomic mass is 32.2. The molecule has 1 saturated heterocycles. The molecular formula is C21H32N2O4S2. The number of hydrogen-bond acceptors (Lipinski definition) is 6. The zero-order chi connectivity index (χ0) is 20.3. The molecule has 0 radical (unpaired) electrons. The van der Waals surface area contributed by atoms with Crippen LogP contribution in [-0.4, -0.2) is 46.1 Å². The van der Waals surface area contributed by atoms with E-state index < -0.39 is 11.9 Å². The lowest BCUT2D eigenvalue weighted by atomic mass is 9.67. The second kappa shape index (κ2) is 9.50. The highest BCUT2D eigenvalue weighted by Gasteiger charge is 2.55. The van der Waals surface area contributed by atoms with Gasteiger partial charge >= 0.3 is 12.0 Å². The number of carbonyl (C=O) groups excluding carboxylic acids is 3. The number of ether oxygens (including phenoxy) is 1. The SMILES string of the molecule is O=C(COC(=O)C1C[C@H]2CCC[C@@H](C1)C21SCCS1)NC(=O)NC1CCCCC1. The van der Waals surface area contributed by atoms with Gasteiger partial charge in [-0.25, -0.2) is 4.79 Å². The van der Waals surface area contributed by atoms with E-state index in [9.17, 15) is 14.4 Å². The predicted molar refractivity (Wildman–Crippen MR) is 116 cm³/mol. The molecule has 1 unspecified atom stereocenters. The number of thioether (sulfide) groups is 2. The maximum absolute atomic E-state index is 12.6. The van der Waals surface area contributed by atoms with Crippen LogP contribution in [0.3, 0.4) is 0 Å². The van der Waals surface area contributed by atoms with Gasteiger partial charge in [-0.15, -0.1) is 23.5 Å². The Morgan fingerprint density at radius 2 is 1.55 bits per heavy atom. The van der Waals surface area contributed by atoms with Crippen molar-refractivity contribution in [3.63, 3.8) is 0 Å². The van der Waals surface area contributed by atoms with Crippen LogP contribution < -0.4 is 10.6 Å². The first-order valence-corrected chi connectivity index (χ1v) is 13.1. The number of esters is 1. The molecule has 3 aliphatic carbocycles. The molecule has 3 saturated carbocycles. The zero-order valence-corrected chi connectivity index (χ0v) is 18.6. The van der Waals surface area contributed by atoms with Crippen molar-refractivity contribution < 1.29 is 19.1 Å². The largest absolute Gasteiger partial charge is 0.455 e. The smallest absolute Gasteiger partial charge is 0.321 e. The fraction of sp³-hybridized carbons (Fsp3) is 0.857. The number of imide groups is 1. The van der Waals surface area contributed by atoms with E-state index in [-0.39, 0.29) is 24.5 Å². The summed E-state index contributed by atoms with van der Waals surface area (Å²) in [6.45, 7) is -0.378. The molecule has 8 heteroatoms. The highest BCUT2D eigenvalue weighted by molar-refractivity contribution is 8.21. The molecule has 29 heavy (non-hydrogen) atoms. The van der Waals surface area contributed by atoms with Crippen LogP contribution in [0.5, 0.6) is 0 Å². The summed E-state index contributed by atoms with van der Waals surface area (Å²) in [5.74, 6) is 2.64. The van der Waals surface area contributed by atoms with Crippen molar-refractivity contribution in [2.75, 3.05) is 18.1 Å². The van der Waals surface area contributed by atoms with Crippen LogP contribution in [0.15, 0.2) is 0 Å². The average molecular weight is 441 g/mol. The monoisotopic (exact) mass is 440 g/mol. The second-order valence-electron chi connectivity index (χ2n) is 8.88. The Morgan fingerprint density at radius 1 is 0.897 bits per heavy atom. The third-order valence-corrected chi connectivity index (χ3v) is 11.0. The quantitative estimate of drug-likeness (QED) is 0.649. The summed E-state index contributed by atoms with van der Waals surface area (Å²) in [6, 6.07) is -0.346. The van der Waals surface area contributed by atoms with Gasteiger partial charge in [0.2, 0.25) is 0 Å². The number of hydrogen-bond donors (Lipinski definition) is 2. The molecule has 162 valence electrons. The minimum Gasteiger partial charge on any atom is -0.455 e. The molecule has 4 fully saturated rings. The van der Waals surface area contributed by atoms with E-state index in [1.54, 1.807) is 0 Å². The number of nitrogens with one attached hydrogen (secondary N) is 2. The molecule has 0 aromatic carbocycles. The molecule has 1 aliphatic heterocycles. The maximum atomic E-state index is 12.6. The van der Waals surface area contributed by atoms with E-state index in [0.717, 1.165) is 38.5 Å². The standard InChI is InChI=1S/C21H32N2O4S2/c24-18(23-20(26)22-17-7-2-1-3-8-17)13-27-19(25)14-11-15-5-4-6-16(12-14)21(15)28-9-10-29-21/h14-17H,1-13H2,(H2,22,23,24,26)/t14?,15-,16+. The van der Waals surface area contributed by atoms with E-state index in [2.05, 4.69) is 34.2 Å². The van der Waals surface area contributed by atoms with Gasteiger partial charge in [-0.2, -0.15) is 0 Å². The average Bonchev–Trinajstić information content (AvgIpc) is 3.16. The lowest BCUT2D eigenvalue weighted by molar-refractivity contribution is -0.155. The van der Waals surface area contributed by atoms with Gasteiger partial charge in [-0.3, -0.25) is 14.9 Å². The van der Waals surface area contributed by atoms with Crippen LogP contribution in [0.25, 0.3) is 0 Å². The third-order valence-electron chi connectivity index (χ3n) is 6.99. The lowest BCUT2D eigenvalue weighted by Gasteiger charge is -2.51. The Balaban J connectivity index is 1.21. The lowest BCUT2D eigenvalue weighted by Crippen LogP contribution is -2.49. The van der Waals surface area contributed by atoms with Gasteiger partial charge in [0.05, 0.1) is 10.00 Å². The summed E-state index contributed by atoms with van der Waals surface area (Å²) in [5.41, 5.74) is 0. The van der Waals surface area contributed by atoms with Crippen LogP contribution in [-0.2, 0) is 14.3 Å². The molecule has 1 spiro atoms. The van der Waals surface area contributed by atoms with Crippen LogP contribution >= 0.6 is 23.5 Å².